The zero-order valence-corrected chi connectivity index (χ0v) is 12.4. The summed E-state index contributed by atoms with van der Waals surface area (Å²) in [4.78, 5) is 0. The molecule has 1 heterocycles. The predicted octanol–water partition coefficient (Wildman–Crippen LogP) is 2.08. The maximum atomic E-state index is 11.2. The molecule has 0 unspecified atom stereocenters. The first-order chi connectivity index (χ1) is 8.78. The second-order valence-corrected chi connectivity index (χ2v) is 7.15. The number of hydrogen-bond donors (Lipinski definition) is 0. The molecule has 0 aliphatic heterocycles. The molecule has 0 N–H and O–H groups in total. The monoisotopic (exact) mass is 282 g/mol. The van der Waals surface area contributed by atoms with Gasteiger partial charge < -0.3 is 4.74 Å². The van der Waals surface area contributed by atoms with Crippen molar-refractivity contribution < 1.29 is 13.2 Å². The van der Waals surface area contributed by atoms with Crippen molar-refractivity contribution in [2.24, 2.45) is 7.05 Å². The van der Waals surface area contributed by atoms with Gasteiger partial charge in [-0.1, -0.05) is 19.9 Å². The van der Waals surface area contributed by atoms with Crippen molar-refractivity contribution >= 4 is 20.7 Å². The topological polar surface area (TPSA) is 61.2 Å². The first-order valence-corrected chi connectivity index (χ1v) is 8.11. The van der Waals surface area contributed by atoms with E-state index in [0.717, 1.165) is 11.6 Å². The van der Waals surface area contributed by atoms with E-state index in [-0.39, 0.29) is 5.94 Å². The zero-order chi connectivity index (χ0) is 14.2. The molecule has 1 aromatic carbocycles. The molecule has 1 aromatic heterocycles. The molecule has 0 aliphatic rings. The highest BCUT2D eigenvalue weighted by atomic mass is 32.2. The minimum Gasteiger partial charge on any atom is -0.475 e. The average molecular weight is 282 g/mol. The lowest BCUT2D eigenvalue weighted by Crippen LogP contribution is -2.10. The van der Waals surface area contributed by atoms with Crippen LogP contribution in [0.4, 0.5) is 0 Å². The first-order valence-electron chi connectivity index (χ1n) is 6.04. The minimum absolute atomic E-state index is 0.334. The lowest BCUT2D eigenvalue weighted by Gasteiger charge is -2.10. The van der Waals surface area contributed by atoms with Crippen molar-refractivity contribution in [1.82, 2.24) is 9.78 Å². The van der Waals surface area contributed by atoms with E-state index < -0.39 is 9.84 Å². The Hall–Kier alpha value is -1.56. The number of benzene rings is 1. The molecule has 0 amide bonds. The third-order valence-electron chi connectivity index (χ3n) is 2.84. The highest BCUT2D eigenvalue weighted by Gasteiger charge is 2.14. The quantitative estimate of drug-likeness (QED) is 0.861. The Morgan fingerprint density at radius 3 is 2.63 bits per heavy atom. The Labute approximate surface area is 113 Å². The largest absolute Gasteiger partial charge is 0.475 e. The van der Waals surface area contributed by atoms with Crippen LogP contribution in [0.15, 0.2) is 18.3 Å². The van der Waals surface area contributed by atoms with Gasteiger partial charge in [0.2, 0.25) is 0 Å². The fourth-order valence-corrected chi connectivity index (χ4v) is 2.35. The van der Waals surface area contributed by atoms with Crippen molar-refractivity contribution in [2.75, 3.05) is 12.2 Å². The zero-order valence-electron chi connectivity index (χ0n) is 11.5. The Bertz CT molecular complexity index is 702. The highest BCUT2D eigenvalue weighted by Crippen LogP contribution is 2.31. The third-order valence-corrected chi connectivity index (χ3v) is 3.38. The molecule has 6 heteroatoms. The number of aromatic nitrogens is 2. The van der Waals surface area contributed by atoms with Crippen LogP contribution in [-0.2, 0) is 16.9 Å². The molecule has 0 bridgehead atoms. The molecule has 0 aliphatic carbocycles. The molecule has 0 saturated heterocycles. The van der Waals surface area contributed by atoms with Crippen molar-refractivity contribution in [2.45, 2.75) is 19.8 Å². The Balaban J connectivity index is 2.49. The maximum absolute atomic E-state index is 11.2. The molecule has 0 radical (unpaired) electrons. The number of rotatable bonds is 4. The molecule has 0 saturated carbocycles. The van der Waals surface area contributed by atoms with Crippen molar-refractivity contribution in [1.29, 1.82) is 0 Å². The highest BCUT2D eigenvalue weighted by molar-refractivity contribution is 7.90. The van der Waals surface area contributed by atoms with Crippen LogP contribution in [-0.4, -0.2) is 30.4 Å². The fraction of sp³-hybridized carbons (Fsp3) is 0.462. The van der Waals surface area contributed by atoms with Gasteiger partial charge in [0, 0.05) is 24.9 Å². The number of fused-ring (bicyclic) bond motifs is 1. The number of nitrogens with zero attached hydrogens (tertiary/aromatic N) is 2. The fourth-order valence-electron chi connectivity index (χ4n) is 2.01. The van der Waals surface area contributed by atoms with Gasteiger partial charge in [-0.25, -0.2) is 8.42 Å². The molecule has 0 spiro atoms. The van der Waals surface area contributed by atoms with Gasteiger partial charge in [0.05, 0.1) is 0 Å². The summed E-state index contributed by atoms with van der Waals surface area (Å²) in [7, 11) is -1.33. The second-order valence-electron chi connectivity index (χ2n) is 5.06. The van der Waals surface area contributed by atoms with E-state index in [1.54, 1.807) is 10.7 Å². The van der Waals surface area contributed by atoms with Gasteiger partial charge in [-0.3, -0.25) is 4.68 Å². The summed E-state index contributed by atoms with van der Waals surface area (Å²) in [5.74, 6) is 0.542. The van der Waals surface area contributed by atoms with Gasteiger partial charge in [-0.2, -0.15) is 5.10 Å². The molecule has 0 atom stereocenters. The summed E-state index contributed by atoms with van der Waals surface area (Å²) in [5, 5.41) is 5.36. The standard InChI is InChI=1S/C13H18N2O3S/c1-9(2)10-5-6-12(18-8-19(4,16)17)13-11(10)7-15(3)14-13/h5-7,9H,8H2,1-4H3. The second kappa shape index (κ2) is 4.85. The van der Waals surface area contributed by atoms with Crippen LogP contribution in [0.2, 0.25) is 0 Å². The van der Waals surface area contributed by atoms with Crippen molar-refractivity contribution in [3.8, 4) is 5.75 Å². The van der Waals surface area contributed by atoms with E-state index in [2.05, 4.69) is 18.9 Å². The van der Waals surface area contributed by atoms with Crippen LogP contribution >= 0.6 is 0 Å². The van der Waals surface area contributed by atoms with Gasteiger partial charge in [0.25, 0.3) is 0 Å². The molecule has 2 aromatic rings. The lowest BCUT2D eigenvalue weighted by molar-refractivity contribution is 0.381. The SMILES string of the molecule is CC(C)c1ccc(OCS(C)(=O)=O)c2nn(C)cc12. The van der Waals surface area contributed by atoms with Gasteiger partial charge in [-0.15, -0.1) is 0 Å². The summed E-state index contributed by atoms with van der Waals surface area (Å²) < 4.78 is 29.4. The van der Waals surface area contributed by atoms with Crippen molar-refractivity contribution in [3.63, 3.8) is 0 Å². The van der Waals surface area contributed by atoms with E-state index in [1.807, 2.05) is 19.3 Å². The van der Waals surface area contributed by atoms with Crippen LogP contribution in [0.25, 0.3) is 10.9 Å². The minimum atomic E-state index is -3.17. The number of ether oxygens (including phenoxy) is 1. The Morgan fingerprint density at radius 2 is 2.05 bits per heavy atom. The molecule has 2 rings (SSSR count). The Morgan fingerprint density at radius 1 is 1.37 bits per heavy atom. The van der Waals surface area contributed by atoms with E-state index >= 15 is 0 Å². The molecule has 5 nitrogen and oxygen atoms in total. The van der Waals surface area contributed by atoms with E-state index in [0.29, 0.717) is 17.2 Å². The van der Waals surface area contributed by atoms with Crippen LogP contribution < -0.4 is 4.74 Å². The smallest absolute Gasteiger partial charge is 0.189 e. The molecule has 0 fully saturated rings. The maximum Gasteiger partial charge on any atom is 0.189 e. The predicted molar refractivity (Wildman–Crippen MR) is 75.1 cm³/mol. The van der Waals surface area contributed by atoms with Crippen molar-refractivity contribution in [3.05, 3.63) is 23.9 Å². The van der Waals surface area contributed by atoms with E-state index in [4.69, 9.17) is 4.74 Å². The molecule has 104 valence electrons. The van der Waals surface area contributed by atoms with Gasteiger partial charge in [0.1, 0.15) is 11.3 Å². The van der Waals surface area contributed by atoms with E-state index in [1.165, 1.54) is 5.56 Å². The number of aryl methyl sites for hydroxylation is 1. The number of sulfone groups is 1. The summed E-state index contributed by atoms with van der Waals surface area (Å²) in [6.45, 7) is 4.22. The third kappa shape index (κ3) is 3.07. The van der Waals surface area contributed by atoms with Gasteiger partial charge in [0.15, 0.2) is 15.8 Å². The lowest BCUT2D eigenvalue weighted by atomic mass is 9.99. The van der Waals surface area contributed by atoms with Crippen LogP contribution in [0.5, 0.6) is 5.75 Å². The molecular weight excluding hydrogens is 264 g/mol. The molecule has 19 heavy (non-hydrogen) atoms. The molecular formula is C13H18N2O3S. The summed E-state index contributed by atoms with van der Waals surface area (Å²) in [5.41, 5.74) is 1.88. The van der Waals surface area contributed by atoms with Crippen LogP contribution in [0.3, 0.4) is 0 Å². The van der Waals surface area contributed by atoms with Crippen LogP contribution in [0, 0.1) is 0 Å². The first kappa shape index (κ1) is 13.9. The average Bonchev–Trinajstić information content (AvgIpc) is 2.65. The number of hydrogen-bond acceptors (Lipinski definition) is 4. The summed E-state index contributed by atoms with van der Waals surface area (Å²) in [6, 6.07) is 3.75. The summed E-state index contributed by atoms with van der Waals surface area (Å²) in [6.07, 6.45) is 3.07. The van der Waals surface area contributed by atoms with Gasteiger partial charge in [-0.05, 0) is 17.5 Å². The summed E-state index contributed by atoms with van der Waals surface area (Å²) >= 11 is 0. The Kier molecular flexibility index (Phi) is 3.54. The van der Waals surface area contributed by atoms with E-state index in [9.17, 15) is 8.42 Å². The van der Waals surface area contributed by atoms with Crippen LogP contribution in [0.1, 0.15) is 25.3 Å². The normalized spacial score (nSPS) is 12.3. The van der Waals surface area contributed by atoms with Gasteiger partial charge >= 0.3 is 0 Å².